The van der Waals surface area contributed by atoms with Crippen LogP contribution in [0.4, 0.5) is 0 Å². The molecule has 0 saturated heterocycles. The summed E-state index contributed by atoms with van der Waals surface area (Å²) in [5, 5.41) is 6.23. The van der Waals surface area contributed by atoms with Gasteiger partial charge < -0.3 is 14.8 Å². The van der Waals surface area contributed by atoms with Gasteiger partial charge in [0.1, 0.15) is 11.9 Å². The van der Waals surface area contributed by atoms with Crippen LogP contribution in [0.1, 0.15) is 52.4 Å². The first-order valence-electron chi connectivity index (χ1n) is 11.8. The van der Waals surface area contributed by atoms with Gasteiger partial charge in [-0.2, -0.15) is 0 Å². The van der Waals surface area contributed by atoms with Gasteiger partial charge in [-0.25, -0.2) is 4.79 Å². The second-order valence-corrected chi connectivity index (χ2v) is 8.88. The van der Waals surface area contributed by atoms with E-state index in [0.717, 1.165) is 29.8 Å². The Morgan fingerprint density at radius 3 is 2.65 bits per heavy atom. The standard InChI is InChI=1S/C30H29NO3/c1-20(25-15-8-10-21-9-3-4-13-26(21)25)31-19-24-18-28(27-14-5-6-16-29(27)34-24)22-11-7-12-23(17-22)30(32)33-2/h3-17,20,24,28,31H,18-19H2,1-2H3/t20?,24-,28+/m1/s1. The highest BCUT2D eigenvalue weighted by atomic mass is 16.5. The number of methoxy groups -OCH3 is 1. The van der Waals surface area contributed by atoms with Gasteiger partial charge in [-0.3, -0.25) is 0 Å². The Bertz CT molecular complexity index is 1310. The Hall–Kier alpha value is -3.63. The molecular weight excluding hydrogens is 422 g/mol. The minimum atomic E-state index is -0.315. The summed E-state index contributed by atoms with van der Waals surface area (Å²) >= 11 is 0. The van der Waals surface area contributed by atoms with Crippen molar-refractivity contribution in [2.24, 2.45) is 0 Å². The molecule has 0 saturated carbocycles. The fourth-order valence-corrected chi connectivity index (χ4v) is 4.98. The summed E-state index contributed by atoms with van der Waals surface area (Å²) in [4.78, 5) is 12.1. The van der Waals surface area contributed by atoms with E-state index in [4.69, 9.17) is 9.47 Å². The summed E-state index contributed by atoms with van der Waals surface area (Å²) in [6.45, 7) is 2.93. The molecule has 0 aromatic heterocycles. The van der Waals surface area contributed by atoms with Gasteiger partial charge >= 0.3 is 5.97 Å². The number of rotatable bonds is 6. The van der Waals surface area contributed by atoms with Gasteiger partial charge in [0.15, 0.2) is 0 Å². The van der Waals surface area contributed by atoms with Crippen molar-refractivity contribution in [1.82, 2.24) is 5.32 Å². The van der Waals surface area contributed by atoms with Crippen molar-refractivity contribution < 1.29 is 14.3 Å². The van der Waals surface area contributed by atoms with E-state index in [2.05, 4.69) is 66.8 Å². The fraction of sp³-hybridized carbons (Fsp3) is 0.233. The first-order chi connectivity index (χ1) is 16.6. The van der Waals surface area contributed by atoms with Crippen molar-refractivity contribution in [1.29, 1.82) is 0 Å². The highest BCUT2D eigenvalue weighted by Gasteiger charge is 2.30. The van der Waals surface area contributed by atoms with Crippen molar-refractivity contribution in [3.8, 4) is 5.75 Å². The van der Waals surface area contributed by atoms with Crippen molar-refractivity contribution in [2.75, 3.05) is 13.7 Å². The average molecular weight is 452 g/mol. The van der Waals surface area contributed by atoms with Crippen LogP contribution in [-0.4, -0.2) is 25.7 Å². The van der Waals surface area contributed by atoms with Gasteiger partial charge in [-0.05, 0) is 53.4 Å². The first kappa shape index (κ1) is 22.2. The fourth-order valence-electron chi connectivity index (χ4n) is 4.98. The number of esters is 1. The molecule has 34 heavy (non-hydrogen) atoms. The van der Waals surface area contributed by atoms with Gasteiger partial charge in [-0.15, -0.1) is 0 Å². The Kier molecular flexibility index (Phi) is 6.33. The molecule has 4 nitrogen and oxygen atoms in total. The number of carbonyl (C=O) groups is 1. The Labute approximate surface area is 200 Å². The normalized spacial score (nSPS) is 18.1. The molecule has 0 bridgehead atoms. The summed E-state index contributed by atoms with van der Waals surface area (Å²) in [6.07, 6.45) is 0.843. The van der Waals surface area contributed by atoms with E-state index in [1.807, 2.05) is 30.3 Å². The predicted molar refractivity (Wildman–Crippen MR) is 135 cm³/mol. The minimum Gasteiger partial charge on any atom is -0.489 e. The van der Waals surface area contributed by atoms with E-state index in [1.54, 1.807) is 6.07 Å². The molecule has 3 atom stereocenters. The number of ether oxygens (including phenoxy) is 2. The molecule has 1 aliphatic heterocycles. The molecule has 4 heteroatoms. The third-order valence-electron chi connectivity index (χ3n) is 6.74. The molecule has 0 aliphatic carbocycles. The number of hydrogen-bond acceptors (Lipinski definition) is 4. The van der Waals surface area contributed by atoms with Crippen molar-refractivity contribution in [2.45, 2.75) is 31.4 Å². The molecule has 1 N–H and O–H groups in total. The lowest BCUT2D eigenvalue weighted by Crippen LogP contribution is -2.37. The van der Waals surface area contributed by atoms with E-state index >= 15 is 0 Å². The maximum Gasteiger partial charge on any atom is 0.337 e. The summed E-state index contributed by atoms with van der Waals surface area (Å²) in [6, 6.07) is 31.1. The summed E-state index contributed by atoms with van der Waals surface area (Å²) in [5.41, 5.74) is 4.12. The molecule has 0 radical (unpaired) electrons. The lowest BCUT2D eigenvalue weighted by Gasteiger charge is -2.33. The van der Waals surface area contributed by atoms with Gasteiger partial charge in [-0.1, -0.05) is 72.8 Å². The van der Waals surface area contributed by atoms with Crippen molar-refractivity contribution >= 4 is 16.7 Å². The number of benzene rings is 4. The zero-order valence-electron chi connectivity index (χ0n) is 19.5. The lowest BCUT2D eigenvalue weighted by molar-refractivity contribution is 0.0600. The maximum absolute atomic E-state index is 12.1. The second-order valence-electron chi connectivity index (χ2n) is 8.88. The highest BCUT2D eigenvalue weighted by molar-refractivity contribution is 5.89. The first-order valence-corrected chi connectivity index (χ1v) is 11.8. The van der Waals surface area contributed by atoms with Gasteiger partial charge in [0.2, 0.25) is 0 Å². The zero-order valence-corrected chi connectivity index (χ0v) is 19.5. The summed E-state index contributed by atoms with van der Waals surface area (Å²) in [7, 11) is 1.41. The summed E-state index contributed by atoms with van der Waals surface area (Å²) < 4.78 is 11.3. The number of para-hydroxylation sites is 1. The second kappa shape index (κ2) is 9.70. The topological polar surface area (TPSA) is 47.6 Å². The Morgan fingerprint density at radius 1 is 1.00 bits per heavy atom. The van der Waals surface area contributed by atoms with E-state index in [0.29, 0.717) is 5.56 Å². The van der Waals surface area contributed by atoms with Crippen LogP contribution >= 0.6 is 0 Å². The zero-order chi connectivity index (χ0) is 23.5. The summed E-state index contributed by atoms with van der Waals surface area (Å²) in [5.74, 6) is 0.741. The Morgan fingerprint density at radius 2 is 1.76 bits per heavy atom. The predicted octanol–water partition coefficient (Wildman–Crippen LogP) is 6.26. The lowest BCUT2D eigenvalue weighted by atomic mass is 9.83. The minimum absolute atomic E-state index is 0.0131. The van der Waals surface area contributed by atoms with E-state index in [9.17, 15) is 4.79 Å². The third kappa shape index (κ3) is 4.42. The van der Waals surface area contributed by atoms with Gasteiger partial charge in [0, 0.05) is 24.1 Å². The molecule has 172 valence electrons. The van der Waals surface area contributed by atoms with Crippen molar-refractivity contribution in [3.63, 3.8) is 0 Å². The molecule has 4 aromatic rings. The van der Waals surface area contributed by atoms with E-state index < -0.39 is 0 Å². The number of fused-ring (bicyclic) bond motifs is 2. The molecule has 1 heterocycles. The van der Waals surface area contributed by atoms with Crippen LogP contribution in [0.15, 0.2) is 91.0 Å². The smallest absolute Gasteiger partial charge is 0.337 e. The van der Waals surface area contributed by atoms with Crippen LogP contribution in [0.25, 0.3) is 10.8 Å². The van der Waals surface area contributed by atoms with E-state index in [1.165, 1.54) is 23.4 Å². The Balaban J connectivity index is 1.37. The van der Waals surface area contributed by atoms with E-state index in [-0.39, 0.29) is 24.0 Å². The molecule has 1 aliphatic rings. The van der Waals surface area contributed by atoms with Gasteiger partial charge in [0.25, 0.3) is 0 Å². The SMILES string of the molecule is COC(=O)c1cccc([C@@H]2C[C@H](CNC(C)c3cccc4ccccc34)Oc3ccccc32)c1. The third-order valence-corrected chi connectivity index (χ3v) is 6.74. The monoisotopic (exact) mass is 451 g/mol. The van der Waals surface area contributed by atoms with Crippen LogP contribution in [0, 0.1) is 0 Å². The molecular formula is C30H29NO3. The molecule has 0 fully saturated rings. The molecule has 0 spiro atoms. The maximum atomic E-state index is 12.1. The van der Waals surface area contributed by atoms with Crippen LogP contribution in [-0.2, 0) is 4.74 Å². The quantitative estimate of drug-likeness (QED) is 0.352. The number of nitrogens with one attached hydrogen (secondary N) is 1. The average Bonchev–Trinajstić information content (AvgIpc) is 2.90. The molecule has 0 amide bonds. The van der Waals surface area contributed by atoms with Crippen LogP contribution in [0.2, 0.25) is 0 Å². The highest BCUT2D eigenvalue weighted by Crippen LogP contribution is 2.40. The number of hydrogen-bond donors (Lipinski definition) is 1. The molecule has 1 unspecified atom stereocenters. The van der Waals surface area contributed by atoms with Crippen molar-refractivity contribution in [3.05, 3.63) is 113 Å². The number of carbonyl (C=O) groups excluding carboxylic acids is 1. The van der Waals surface area contributed by atoms with Crippen LogP contribution < -0.4 is 10.1 Å². The largest absolute Gasteiger partial charge is 0.489 e. The molecule has 5 rings (SSSR count). The van der Waals surface area contributed by atoms with Gasteiger partial charge in [0.05, 0.1) is 12.7 Å². The van der Waals surface area contributed by atoms with Crippen LogP contribution in [0.5, 0.6) is 5.75 Å². The van der Waals surface area contributed by atoms with Crippen LogP contribution in [0.3, 0.4) is 0 Å². The molecule has 4 aromatic carbocycles.